The fraction of sp³-hybridized carbons (Fsp3) is 0.476. The van der Waals surface area contributed by atoms with E-state index < -0.39 is 0 Å². The van der Waals surface area contributed by atoms with Gasteiger partial charge in [-0.2, -0.15) is 0 Å². The molecule has 3 rings (SSSR count). The highest BCUT2D eigenvalue weighted by atomic mass is 35.5. The van der Waals surface area contributed by atoms with Crippen LogP contribution in [0, 0.1) is 0 Å². The summed E-state index contributed by atoms with van der Waals surface area (Å²) >= 11 is 11.7. The predicted octanol–water partition coefficient (Wildman–Crippen LogP) is 3.98. The van der Waals surface area contributed by atoms with Gasteiger partial charge in [-0.05, 0) is 74.3 Å². The van der Waals surface area contributed by atoms with Crippen LogP contribution in [-0.4, -0.2) is 36.2 Å². The van der Waals surface area contributed by atoms with Gasteiger partial charge in [-0.3, -0.25) is 0 Å². The highest BCUT2D eigenvalue weighted by Crippen LogP contribution is 2.15. The molecule has 0 unspecified atom stereocenters. The van der Waals surface area contributed by atoms with Crippen molar-refractivity contribution in [3.05, 3.63) is 53.4 Å². The van der Waals surface area contributed by atoms with Crippen LogP contribution < -0.4 is 10.2 Å². The maximum Gasteiger partial charge on any atom is 0.173 e. The Labute approximate surface area is 172 Å². The number of nitrogens with zero attached hydrogens (tertiary/aromatic N) is 1. The number of halogens is 1. The van der Waals surface area contributed by atoms with Crippen LogP contribution in [0.1, 0.15) is 37.9 Å². The summed E-state index contributed by atoms with van der Waals surface area (Å²) in [7, 11) is 0. The van der Waals surface area contributed by atoms with Gasteiger partial charge in [-0.25, -0.2) is 0 Å². The van der Waals surface area contributed by atoms with Crippen LogP contribution in [0.4, 0.5) is 5.69 Å². The second-order valence-corrected chi connectivity index (χ2v) is 8.03. The molecule has 1 fully saturated rings. The zero-order valence-corrected chi connectivity index (χ0v) is 17.3. The van der Waals surface area contributed by atoms with E-state index in [1.54, 1.807) is 11.2 Å². The zero-order valence-electron chi connectivity index (χ0n) is 15.8. The number of rotatable bonds is 7. The Balaban J connectivity index is 1.55. The SMILES string of the molecule is S=C(Nc1ccc(Cl)cc1)N(CCC[NH+]1CCCCCC1)Cc1ccco1. The van der Waals surface area contributed by atoms with Gasteiger partial charge < -0.3 is 19.5 Å². The first-order valence-corrected chi connectivity index (χ1v) is 10.7. The van der Waals surface area contributed by atoms with E-state index >= 15 is 0 Å². The molecule has 0 spiro atoms. The lowest BCUT2D eigenvalue weighted by molar-refractivity contribution is -0.899. The smallest absolute Gasteiger partial charge is 0.173 e. The van der Waals surface area contributed by atoms with E-state index in [0.29, 0.717) is 6.54 Å². The van der Waals surface area contributed by atoms with Crippen molar-refractivity contribution in [2.45, 2.75) is 38.6 Å². The molecule has 1 aliphatic rings. The molecule has 0 atom stereocenters. The molecule has 0 radical (unpaired) electrons. The average molecular weight is 407 g/mol. The lowest BCUT2D eigenvalue weighted by Crippen LogP contribution is -3.11. The van der Waals surface area contributed by atoms with Gasteiger partial charge >= 0.3 is 0 Å². The maximum absolute atomic E-state index is 5.97. The summed E-state index contributed by atoms with van der Waals surface area (Å²) in [6.45, 7) is 5.43. The predicted molar refractivity (Wildman–Crippen MR) is 115 cm³/mol. The van der Waals surface area contributed by atoms with Gasteiger partial charge in [0.15, 0.2) is 5.11 Å². The van der Waals surface area contributed by atoms with Gasteiger partial charge in [0.05, 0.1) is 32.4 Å². The quantitative estimate of drug-likeness (QED) is 0.681. The van der Waals surface area contributed by atoms with Crippen molar-refractivity contribution in [1.29, 1.82) is 0 Å². The third-order valence-electron chi connectivity index (χ3n) is 5.08. The number of anilines is 1. The minimum atomic E-state index is 0.682. The summed E-state index contributed by atoms with van der Waals surface area (Å²) in [5.41, 5.74) is 0.951. The van der Waals surface area contributed by atoms with Gasteiger partial charge in [0.2, 0.25) is 0 Å². The molecule has 2 N–H and O–H groups in total. The topological polar surface area (TPSA) is 32.9 Å². The summed E-state index contributed by atoms with van der Waals surface area (Å²) in [5, 5.41) is 4.77. The Morgan fingerprint density at radius 1 is 1.11 bits per heavy atom. The molecule has 0 amide bonds. The van der Waals surface area contributed by atoms with Crippen molar-refractivity contribution in [3.8, 4) is 0 Å². The van der Waals surface area contributed by atoms with Crippen molar-refractivity contribution < 1.29 is 9.32 Å². The van der Waals surface area contributed by atoms with Crippen molar-refractivity contribution in [2.75, 3.05) is 31.5 Å². The van der Waals surface area contributed by atoms with Crippen molar-refractivity contribution in [2.24, 2.45) is 0 Å². The van der Waals surface area contributed by atoms with Gasteiger partial charge in [-0.15, -0.1) is 0 Å². The van der Waals surface area contributed by atoms with E-state index in [9.17, 15) is 0 Å². The molecule has 0 saturated carbocycles. The second-order valence-electron chi connectivity index (χ2n) is 7.21. The molecule has 2 aromatic rings. The van der Waals surface area contributed by atoms with Crippen LogP contribution in [0.5, 0.6) is 0 Å². The fourth-order valence-corrected chi connectivity index (χ4v) is 3.98. The molecule has 1 aromatic carbocycles. The van der Waals surface area contributed by atoms with Crippen LogP contribution >= 0.6 is 23.8 Å². The summed E-state index contributed by atoms with van der Waals surface area (Å²) in [6, 6.07) is 11.5. The van der Waals surface area contributed by atoms with Gasteiger partial charge in [-0.1, -0.05) is 11.6 Å². The Hall–Kier alpha value is -1.56. The van der Waals surface area contributed by atoms with E-state index in [1.165, 1.54) is 45.3 Å². The third kappa shape index (κ3) is 6.83. The molecular formula is C21H29ClN3OS+. The molecule has 1 aromatic heterocycles. The summed E-state index contributed by atoms with van der Waals surface area (Å²) < 4.78 is 5.54. The van der Waals surface area contributed by atoms with Crippen LogP contribution in [0.2, 0.25) is 5.02 Å². The lowest BCUT2D eigenvalue weighted by Gasteiger charge is -2.26. The first kappa shape index (κ1) is 20.2. The minimum Gasteiger partial charge on any atom is -0.467 e. The Morgan fingerprint density at radius 2 is 1.85 bits per heavy atom. The van der Waals surface area contributed by atoms with Crippen molar-refractivity contribution in [3.63, 3.8) is 0 Å². The summed E-state index contributed by atoms with van der Waals surface area (Å²) in [4.78, 5) is 3.93. The molecule has 1 saturated heterocycles. The lowest BCUT2D eigenvalue weighted by atomic mass is 10.2. The van der Waals surface area contributed by atoms with E-state index in [1.807, 2.05) is 36.4 Å². The molecule has 27 heavy (non-hydrogen) atoms. The number of likely N-dealkylation sites (tertiary alicyclic amines) is 1. The molecular weight excluding hydrogens is 378 g/mol. The van der Waals surface area contributed by atoms with Crippen molar-refractivity contribution >= 4 is 34.6 Å². The first-order valence-electron chi connectivity index (χ1n) is 9.88. The number of nitrogens with one attached hydrogen (secondary N) is 2. The summed E-state index contributed by atoms with van der Waals surface area (Å²) in [5.74, 6) is 0.928. The number of benzene rings is 1. The Morgan fingerprint density at radius 3 is 2.52 bits per heavy atom. The molecule has 146 valence electrons. The molecule has 0 aliphatic carbocycles. The number of furan rings is 1. The van der Waals surface area contributed by atoms with Crippen molar-refractivity contribution in [1.82, 2.24) is 4.90 Å². The largest absolute Gasteiger partial charge is 0.467 e. The van der Waals surface area contributed by atoms with E-state index in [2.05, 4.69) is 10.2 Å². The van der Waals surface area contributed by atoms with E-state index in [4.69, 9.17) is 28.2 Å². The van der Waals surface area contributed by atoms with Crippen LogP contribution in [0.25, 0.3) is 0 Å². The van der Waals surface area contributed by atoms with E-state index in [-0.39, 0.29) is 0 Å². The van der Waals surface area contributed by atoms with Gasteiger partial charge in [0.1, 0.15) is 5.76 Å². The number of thiocarbonyl (C=S) groups is 1. The summed E-state index contributed by atoms with van der Waals surface area (Å²) in [6.07, 6.45) is 8.35. The molecule has 0 bridgehead atoms. The fourth-order valence-electron chi connectivity index (χ4n) is 3.58. The van der Waals surface area contributed by atoms with Crippen LogP contribution in [-0.2, 0) is 6.54 Å². The number of hydrogen-bond acceptors (Lipinski definition) is 2. The molecule has 1 aliphatic heterocycles. The second kappa shape index (κ2) is 10.7. The average Bonchev–Trinajstić information content (AvgIpc) is 3.04. The normalized spacial score (nSPS) is 15.3. The minimum absolute atomic E-state index is 0.682. The number of quaternary nitrogens is 1. The monoisotopic (exact) mass is 406 g/mol. The Kier molecular flexibility index (Phi) is 7.99. The standard InChI is InChI=1S/C21H28ClN3OS/c22-18-8-10-19(11-9-18)23-21(27)25(17-20-7-5-16-26-20)15-6-14-24-12-3-1-2-4-13-24/h5,7-11,16H,1-4,6,12-15,17H2,(H,23,27)/p+1. The molecule has 2 heterocycles. The highest BCUT2D eigenvalue weighted by Gasteiger charge is 2.15. The highest BCUT2D eigenvalue weighted by molar-refractivity contribution is 7.80. The molecule has 4 nitrogen and oxygen atoms in total. The molecule has 6 heteroatoms. The van der Waals surface area contributed by atoms with Crippen LogP contribution in [0.15, 0.2) is 47.1 Å². The maximum atomic E-state index is 5.97. The van der Waals surface area contributed by atoms with Gasteiger partial charge in [0, 0.05) is 23.7 Å². The Bertz CT molecular complexity index is 682. The first-order chi connectivity index (χ1) is 13.2. The van der Waals surface area contributed by atoms with E-state index in [0.717, 1.165) is 34.5 Å². The zero-order chi connectivity index (χ0) is 18.9. The third-order valence-corrected chi connectivity index (χ3v) is 5.69. The van der Waals surface area contributed by atoms with Crippen LogP contribution in [0.3, 0.4) is 0 Å². The van der Waals surface area contributed by atoms with Gasteiger partial charge in [0.25, 0.3) is 0 Å². The number of hydrogen-bond donors (Lipinski definition) is 2.